The quantitative estimate of drug-likeness (QED) is 0.580. The average Bonchev–Trinajstić information content (AvgIpc) is 2.29. The van der Waals surface area contributed by atoms with Crippen LogP contribution in [0.25, 0.3) is 0 Å². The predicted octanol–water partition coefficient (Wildman–Crippen LogP) is 0.424. The molecule has 0 heterocycles. The van der Waals surface area contributed by atoms with Gasteiger partial charge in [0.15, 0.2) is 0 Å². The number of carbonyl (C=O) groups excluding carboxylic acids is 1. The highest BCUT2D eigenvalue weighted by Crippen LogP contribution is 2.09. The minimum absolute atomic E-state index is 0.0770. The molecule has 1 N–H and O–H groups in total. The highest BCUT2D eigenvalue weighted by Gasteiger charge is 2.13. The van der Waals surface area contributed by atoms with Crippen molar-refractivity contribution in [2.75, 3.05) is 20.3 Å². The molecule has 0 bridgehead atoms. The molecule has 0 aliphatic carbocycles. The molecule has 0 atom stereocenters. The predicted molar refractivity (Wildman–Crippen MR) is 58.9 cm³/mol. The van der Waals surface area contributed by atoms with Crippen molar-refractivity contribution in [2.45, 2.75) is 4.90 Å². The third-order valence-corrected chi connectivity index (χ3v) is 3.36. The van der Waals surface area contributed by atoms with Crippen molar-refractivity contribution in [3.8, 4) is 0 Å². The Labute approximate surface area is 94.5 Å². The van der Waals surface area contributed by atoms with Crippen LogP contribution in [0, 0.1) is 0 Å². The molecule has 0 amide bonds. The van der Waals surface area contributed by atoms with E-state index in [9.17, 15) is 13.2 Å². The van der Waals surface area contributed by atoms with Crippen molar-refractivity contribution in [2.24, 2.45) is 0 Å². The highest BCUT2D eigenvalue weighted by atomic mass is 32.2. The maximum atomic E-state index is 11.7. The first-order valence-electron chi connectivity index (χ1n) is 4.64. The van der Waals surface area contributed by atoms with Crippen LogP contribution in [0.2, 0.25) is 0 Å². The fraction of sp³-hybridized carbons (Fsp3) is 0.300. The molecule has 0 aliphatic rings. The number of benzene rings is 1. The maximum absolute atomic E-state index is 11.7. The molecule has 0 fully saturated rings. The number of nitrogens with one attached hydrogen (secondary N) is 1. The van der Waals surface area contributed by atoms with E-state index in [4.69, 9.17) is 4.74 Å². The van der Waals surface area contributed by atoms with Gasteiger partial charge in [-0.2, -0.15) is 0 Å². The highest BCUT2D eigenvalue weighted by molar-refractivity contribution is 7.89. The standard InChI is InChI=1S/C10H13NO4S/c1-15-6-5-11-16(13,14)10-4-2-3-9(7-10)8-12/h2-4,7-8,11H,5-6H2,1H3. The second-order valence-electron chi connectivity index (χ2n) is 3.08. The van der Waals surface area contributed by atoms with Gasteiger partial charge in [-0.25, -0.2) is 13.1 Å². The average molecular weight is 243 g/mol. The fourth-order valence-corrected chi connectivity index (χ4v) is 2.18. The molecular weight excluding hydrogens is 230 g/mol. The van der Waals surface area contributed by atoms with Crippen molar-refractivity contribution in [1.29, 1.82) is 0 Å². The van der Waals surface area contributed by atoms with E-state index in [-0.39, 0.29) is 11.4 Å². The third kappa shape index (κ3) is 3.41. The Hall–Kier alpha value is -1.24. The van der Waals surface area contributed by atoms with Crippen LogP contribution in [0.4, 0.5) is 0 Å². The minimum atomic E-state index is -3.55. The van der Waals surface area contributed by atoms with E-state index in [0.717, 1.165) is 0 Å². The van der Waals surface area contributed by atoms with E-state index in [0.29, 0.717) is 18.5 Å². The summed E-state index contributed by atoms with van der Waals surface area (Å²) in [7, 11) is -2.07. The van der Waals surface area contributed by atoms with Crippen molar-refractivity contribution < 1.29 is 17.9 Å². The summed E-state index contributed by atoms with van der Waals surface area (Å²) < 4.78 is 30.5. The number of hydrogen-bond donors (Lipinski definition) is 1. The summed E-state index contributed by atoms with van der Waals surface area (Å²) in [5, 5.41) is 0. The van der Waals surface area contributed by atoms with Crippen LogP contribution < -0.4 is 4.72 Å². The molecular formula is C10H13NO4S. The molecule has 1 rings (SSSR count). The molecule has 1 aromatic carbocycles. The largest absolute Gasteiger partial charge is 0.383 e. The van der Waals surface area contributed by atoms with Crippen molar-refractivity contribution >= 4 is 16.3 Å². The lowest BCUT2D eigenvalue weighted by Gasteiger charge is -2.06. The molecule has 0 saturated carbocycles. The van der Waals surface area contributed by atoms with Gasteiger partial charge >= 0.3 is 0 Å². The van der Waals surface area contributed by atoms with Crippen molar-refractivity contribution in [3.05, 3.63) is 29.8 Å². The van der Waals surface area contributed by atoms with Gasteiger partial charge in [-0.05, 0) is 12.1 Å². The number of hydrogen-bond acceptors (Lipinski definition) is 4. The Morgan fingerprint density at radius 1 is 1.44 bits per heavy atom. The molecule has 6 heteroatoms. The molecule has 0 spiro atoms. The van der Waals surface area contributed by atoms with Gasteiger partial charge < -0.3 is 4.74 Å². The van der Waals surface area contributed by atoms with E-state index >= 15 is 0 Å². The normalized spacial score (nSPS) is 11.3. The first-order chi connectivity index (χ1) is 7.60. The Kier molecular flexibility index (Phi) is 4.60. The summed E-state index contributed by atoms with van der Waals surface area (Å²) in [6.07, 6.45) is 0.605. The zero-order valence-corrected chi connectivity index (χ0v) is 9.66. The summed E-state index contributed by atoms with van der Waals surface area (Å²) in [5.41, 5.74) is 0.328. The van der Waals surface area contributed by atoms with Gasteiger partial charge in [0, 0.05) is 19.2 Å². The molecule has 0 saturated heterocycles. The third-order valence-electron chi connectivity index (χ3n) is 1.90. The van der Waals surface area contributed by atoms with Gasteiger partial charge in [-0.1, -0.05) is 12.1 Å². The second kappa shape index (κ2) is 5.74. The van der Waals surface area contributed by atoms with Crippen LogP contribution in [-0.2, 0) is 14.8 Å². The van der Waals surface area contributed by atoms with Gasteiger partial charge in [0.2, 0.25) is 10.0 Å². The molecule has 16 heavy (non-hydrogen) atoms. The Bertz CT molecular complexity index is 456. The van der Waals surface area contributed by atoms with Gasteiger partial charge in [0.1, 0.15) is 6.29 Å². The number of sulfonamides is 1. The topological polar surface area (TPSA) is 72.5 Å². The first kappa shape index (κ1) is 12.8. The summed E-state index contributed by atoms with van der Waals surface area (Å²) in [6.45, 7) is 0.497. The zero-order chi connectivity index (χ0) is 12.0. The fourth-order valence-electron chi connectivity index (χ4n) is 1.12. The lowest BCUT2D eigenvalue weighted by atomic mass is 10.2. The second-order valence-corrected chi connectivity index (χ2v) is 4.85. The molecule has 0 aliphatic heterocycles. The Balaban J connectivity index is 2.85. The number of methoxy groups -OCH3 is 1. The molecule has 1 aromatic rings. The summed E-state index contributed by atoms with van der Waals surface area (Å²) in [5.74, 6) is 0. The van der Waals surface area contributed by atoms with E-state index in [2.05, 4.69) is 4.72 Å². The lowest BCUT2D eigenvalue weighted by molar-refractivity contribution is 0.112. The van der Waals surface area contributed by atoms with Crippen molar-refractivity contribution in [1.82, 2.24) is 4.72 Å². The van der Waals surface area contributed by atoms with Crippen LogP contribution in [0.15, 0.2) is 29.2 Å². The zero-order valence-electron chi connectivity index (χ0n) is 8.84. The Morgan fingerprint density at radius 3 is 2.81 bits per heavy atom. The lowest BCUT2D eigenvalue weighted by Crippen LogP contribution is -2.27. The number of ether oxygens (including phenoxy) is 1. The van der Waals surface area contributed by atoms with Gasteiger partial charge in [0.25, 0.3) is 0 Å². The molecule has 0 unspecified atom stereocenters. The molecule has 88 valence electrons. The van der Waals surface area contributed by atoms with Crippen LogP contribution in [0.1, 0.15) is 10.4 Å². The SMILES string of the molecule is COCCNS(=O)(=O)c1cccc(C=O)c1. The van der Waals surface area contributed by atoms with Gasteiger partial charge in [0.05, 0.1) is 11.5 Å². The van der Waals surface area contributed by atoms with Crippen molar-refractivity contribution in [3.63, 3.8) is 0 Å². The van der Waals surface area contributed by atoms with E-state index in [1.165, 1.54) is 25.3 Å². The van der Waals surface area contributed by atoms with Gasteiger partial charge in [-0.3, -0.25) is 4.79 Å². The molecule has 5 nitrogen and oxygen atoms in total. The van der Waals surface area contributed by atoms with E-state index < -0.39 is 10.0 Å². The number of rotatable bonds is 6. The van der Waals surface area contributed by atoms with Crippen LogP contribution >= 0.6 is 0 Å². The molecule has 0 aromatic heterocycles. The van der Waals surface area contributed by atoms with Gasteiger partial charge in [-0.15, -0.1) is 0 Å². The maximum Gasteiger partial charge on any atom is 0.240 e. The van der Waals surface area contributed by atoms with E-state index in [1.807, 2.05) is 0 Å². The molecule has 0 radical (unpaired) electrons. The Morgan fingerprint density at radius 2 is 2.19 bits per heavy atom. The van der Waals surface area contributed by atoms with Crippen LogP contribution in [0.5, 0.6) is 0 Å². The summed E-state index contributed by atoms with van der Waals surface area (Å²) in [4.78, 5) is 10.6. The number of aldehydes is 1. The minimum Gasteiger partial charge on any atom is -0.383 e. The number of carbonyl (C=O) groups is 1. The smallest absolute Gasteiger partial charge is 0.240 e. The van der Waals surface area contributed by atoms with Crippen LogP contribution in [-0.4, -0.2) is 35.0 Å². The summed E-state index contributed by atoms with van der Waals surface area (Å²) >= 11 is 0. The van der Waals surface area contributed by atoms with Crippen LogP contribution in [0.3, 0.4) is 0 Å². The summed E-state index contributed by atoms with van der Waals surface area (Å²) in [6, 6.07) is 5.82. The van der Waals surface area contributed by atoms with E-state index in [1.54, 1.807) is 6.07 Å². The monoisotopic (exact) mass is 243 g/mol. The first-order valence-corrected chi connectivity index (χ1v) is 6.12.